The molecule has 7 heteroatoms. The van der Waals surface area contributed by atoms with Gasteiger partial charge in [0.25, 0.3) is 11.8 Å². The molecule has 2 N–H and O–H groups in total. The van der Waals surface area contributed by atoms with Crippen LogP contribution in [0.25, 0.3) is 0 Å². The molecule has 26 heavy (non-hydrogen) atoms. The van der Waals surface area contributed by atoms with Crippen molar-refractivity contribution < 1.29 is 18.7 Å². The molecule has 2 aromatic rings. The summed E-state index contributed by atoms with van der Waals surface area (Å²) in [5.41, 5.74) is 7.58. The lowest BCUT2D eigenvalue weighted by Crippen LogP contribution is -2.50. The highest BCUT2D eigenvalue weighted by Crippen LogP contribution is 2.21. The average Bonchev–Trinajstić information content (AvgIpc) is 3.16. The first-order valence-corrected chi connectivity index (χ1v) is 8.54. The van der Waals surface area contributed by atoms with Crippen molar-refractivity contribution in [1.82, 2.24) is 9.80 Å². The van der Waals surface area contributed by atoms with Crippen LogP contribution in [0.4, 0.5) is 0 Å². The minimum absolute atomic E-state index is 0.0517. The number of methoxy groups -OCH3 is 1. The fraction of sp³-hybridized carbons (Fsp3) is 0.368. The van der Waals surface area contributed by atoms with Crippen molar-refractivity contribution in [2.75, 3.05) is 33.3 Å². The molecule has 1 aliphatic rings. The number of furan rings is 1. The van der Waals surface area contributed by atoms with Crippen LogP contribution in [0.2, 0.25) is 0 Å². The Labute approximate surface area is 152 Å². The summed E-state index contributed by atoms with van der Waals surface area (Å²) in [7, 11) is 1.59. The molecule has 3 rings (SSSR count). The van der Waals surface area contributed by atoms with Gasteiger partial charge >= 0.3 is 0 Å². The SMILES string of the molecule is COc1cc(C(=O)N2CCN(C(=O)c3coc(CN)c3)CC2)ccc1C. The van der Waals surface area contributed by atoms with Gasteiger partial charge in [-0.3, -0.25) is 9.59 Å². The molecule has 1 aliphatic heterocycles. The summed E-state index contributed by atoms with van der Waals surface area (Å²) < 4.78 is 10.5. The number of hydrogen-bond donors (Lipinski definition) is 1. The van der Waals surface area contributed by atoms with Crippen LogP contribution < -0.4 is 10.5 Å². The van der Waals surface area contributed by atoms with Crippen molar-refractivity contribution in [2.45, 2.75) is 13.5 Å². The number of amides is 2. The molecule has 0 spiro atoms. The number of ether oxygens (including phenoxy) is 1. The van der Waals surface area contributed by atoms with E-state index in [1.165, 1.54) is 6.26 Å². The highest BCUT2D eigenvalue weighted by Gasteiger charge is 2.26. The zero-order valence-corrected chi connectivity index (χ0v) is 15.0. The molecule has 0 saturated carbocycles. The predicted molar refractivity (Wildman–Crippen MR) is 96.1 cm³/mol. The number of nitrogens with zero attached hydrogens (tertiary/aromatic N) is 2. The highest BCUT2D eigenvalue weighted by molar-refractivity contribution is 5.96. The lowest BCUT2D eigenvalue weighted by atomic mass is 10.1. The predicted octanol–water partition coefficient (Wildman–Crippen LogP) is 1.65. The Morgan fingerprint density at radius 2 is 1.69 bits per heavy atom. The highest BCUT2D eigenvalue weighted by atomic mass is 16.5. The average molecular weight is 357 g/mol. The molecule has 0 aliphatic carbocycles. The molecule has 1 saturated heterocycles. The molecule has 7 nitrogen and oxygen atoms in total. The van der Waals surface area contributed by atoms with Crippen molar-refractivity contribution in [3.8, 4) is 5.75 Å². The number of hydrogen-bond acceptors (Lipinski definition) is 5. The van der Waals surface area contributed by atoms with E-state index < -0.39 is 0 Å². The number of rotatable bonds is 4. The van der Waals surface area contributed by atoms with Crippen molar-refractivity contribution in [2.24, 2.45) is 5.73 Å². The maximum Gasteiger partial charge on any atom is 0.257 e. The van der Waals surface area contributed by atoms with E-state index in [-0.39, 0.29) is 18.4 Å². The molecular formula is C19H23N3O4. The van der Waals surface area contributed by atoms with Crippen LogP contribution in [0.3, 0.4) is 0 Å². The second-order valence-corrected chi connectivity index (χ2v) is 6.27. The van der Waals surface area contributed by atoms with Gasteiger partial charge in [0, 0.05) is 31.7 Å². The Morgan fingerprint density at radius 1 is 1.08 bits per heavy atom. The third-order valence-corrected chi connectivity index (χ3v) is 4.61. The first kappa shape index (κ1) is 18.0. The Morgan fingerprint density at radius 3 is 2.23 bits per heavy atom. The van der Waals surface area contributed by atoms with Gasteiger partial charge in [-0.25, -0.2) is 0 Å². The van der Waals surface area contributed by atoms with E-state index in [0.29, 0.717) is 48.8 Å². The van der Waals surface area contributed by atoms with Gasteiger partial charge in [-0.1, -0.05) is 6.07 Å². The van der Waals surface area contributed by atoms with E-state index in [2.05, 4.69) is 0 Å². The Hall–Kier alpha value is -2.80. The number of benzene rings is 1. The maximum absolute atomic E-state index is 12.7. The minimum Gasteiger partial charge on any atom is -0.496 e. The van der Waals surface area contributed by atoms with Gasteiger partial charge in [0.05, 0.1) is 19.2 Å². The minimum atomic E-state index is -0.0995. The molecule has 138 valence electrons. The van der Waals surface area contributed by atoms with Crippen molar-refractivity contribution in [1.29, 1.82) is 0 Å². The first-order valence-electron chi connectivity index (χ1n) is 8.54. The molecule has 0 radical (unpaired) electrons. The van der Waals surface area contributed by atoms with Crippen LogP contribution >= 0.6 is 0 Å². The molecule has 1 fully saturated rings. The molecule has 0 atom stereocenters. The van der Waals surface area contributed by atoms with E-state index in [9.17, 15) is 9.59 Å². The second kappa shape index (κ2) is 7.61. The van der Waals surface area contributed by atoms with Crippen LogP contribution in [-0.2, 0) is 6.54 Å². The number of piperazine rings is 1. The molecule has 0 bridgehead atoms. The lowest BCUT2D eigenvalue weighted by molar-refractivity contribution is 0.0535. The zero-order chi connectivity index (χ0) is 18.7. The van der Waals surface area contributed by atoms with E-state index in [4.69, 9.17) is 14.9 Å². The third-order valence-electron chi connectivity index (χ3n) is 4.61. The van der Waals surface area contributed by atoms with Crippen LogP contribution in [0.15, 0.2) is 34.9 Å². The summed E-state index contributed by atoms with van der Waals surface area (Å²) >= 11 is 0. The topological polar surface area (TPSA) is 89.0 Å². The van der Waals surface area contributed by atoms with Gasteiger partial charge < -0.3 is 24.7 Å². The standard InChI is InChI=1S/C19H23N3O4/c1-13-3-4-14(10-17(13)25-2)18(23)21-5-7-22(8-6-21)19(24)15-9-16(11-20)26-12-15/h3-4,9-10,12H,5-8,11,20H2,1-2H3. The number of nitrogens with two attached hydrogens (primary N) is 1. The van der Waals surface area contributed by atoms with Crippen LogP contribution in [0.1, 0.15) is 32.0 Å². The van der Waals surface area contributed by atoms with Gasteiger partial charge in [-0.15, -0.1) is 0 Å². The smallest absolute Gasteiger partial charge is 0.257 e. The maximum atomic E-state index is 12.7. The van der Waals surface area contributed by atoms with Gasteiger partial charge in [0.1, 0.15) is 17.8 Å². The third kappa shape index (κ3) is 3.57. The van der Waals surface area contributed by atoms with Crippen LogP contribution in [0, 0.1) is 6.92 Å². The summed E-state index contributed by atoms with van der Waals surface area (Å²) in [6.45, 7) is 4.14. The summed E-state index contributed by atoms with van der Waals surface area (Å²) in [5, 5.41) is 0. The molecule has 2 heterocycles. The zero-order valence-electron chi connectivity index (χ0n) is 15.0. The van der Waals surface area contributed by atoms with Crippen molar-refractivity contribution in [3.05, 3.63) is 53.0 Å². The monoisotopic (exact) mass is 357 g/mol. The molecule has 2 amide bonds. The molecular weight excluding hydrogens is 334 g/mol. The number of carbonyl (C=O) groups excluding carboxylic acids is 2. The fourth-order valence-corrected chi connectivity index (χ4v) is 3.03. The van der Waals surface area contributed by atoms with E-state index in [1.54, 1.807) is 35.1 Å². The van der Waals surface area contributed by atoms with Crippen LogP contribution in [0.5, 0.6) is 5.75 Å². The summed E-state index contributed by atoms with van der Waals surface area (Å²) in [4.78, 5) is 28.7. The van der Waals surface area contributed by atoms with E-state index >= 15 is 0 Å². The Balaban J connectivity index is 1.62. The lowest BCUT2D eigenvalue weighted by Gasteiger charge is -2.34. The molecule has 1 aromatic heterocycles. The van der Waals surface area contributed by atoms with E-state index in [0.717, 1.165) is 5.56 Å². The van der Waals surface area contributed by atoms with Crippen molar-refractivity contribution >= 4 is 11.8 Å². The normalized spacial score (nSPS) is 14.4. The van der Waals surface area contributed by atoms with Gasteiger partial charge in [0.15, 0.2) is 0 Å². The summed E-state index contributed by atoms with van der Waals surface area (Å²) in [6.07, 6.45) is 1.43. The van der Waals surface area contributed by atoms with Crippen LogP contribution in [-0.4, -0.2) is 54.9 Å². The van der Waals surface area contributed by atoms with E-state index in [1.807, 2.05) is 13.0 Å². The van der Waals surface area contributed by atoms with Gasteiger partial charge in [0.2, 0.25) is 0 Å². The number of aryl methyl sites for hydroxylation is 1. The Kier molecular flexibility index (Phi) is 5.27. The first-order chi connectivity index (χ1) is 12.5. The van der Waals surface area contributed by atoms with Gasteiger partial charge in [-0.05, 0) is 30.7 Å². The quantitative estimate of drug-likeness (QED) is 0.899. The summed E-state index contributed by atoms with van der Waals surface area (Å²) in [6, 6.07) is 7.10. The van der Waals surface area contributed by atoms with Gasteiger partial charge in [-0.2, -0.15) is 0 Å². The van der Waals surface area contributed by atoms with Crippen molar-refractivity contribution in [3.63, 3.8) is 0 Å². The fourth-order valence-electron chi connectivity index (χ4n) is 3.03. The largest absolute Gasteiger partial charge is 0.496 e. The molecule has 1 aromatic carbocycles. The second-order valence-electron chi connectivity index (χ2n) is 6.27. The number of carbonyl (C=O) groups is 2. The molecule has 0 unspecified atom stereocenters. The summed E-state index contributed by atoms with van der Waals surface area (Å²) in [5.74, 6) is 1.12. The Bertz CT molecular complexity index is 807.